The molecule has 1 atom stereocenters. The summed E-state index contributed by atoms with van der Waals surface area (Å²) in [5, 5.41) is 2.19. The van der Waals surface area contributed by atoms with E-state index in [-0.39, 0.29) is 0 Å². The summed E-state index contributed by atoms with van der Waals surface area (Å²) in [4.78, 5) is 0. The monoisotopic (exact) mass is 341 g/mol. The van der Waals surface area contributed by atoms with Crippen molar-refractivity contribution in [2.45, 2.75) is 13.0 Å². The standard InChI is InChI=1S/C19H19NO3S/c1-15(19-14-17-10-6-7-11-18(17)23-19)20(2)24(21,22)13-12-16-8-4-3-5-9-16/h3-15H,1-2H3/b13-12+. The van der Waals surface area contributed by atoms with Crippen molar-refractivity contribution >= 4 is 27.1 Å². The molecular formula is C19H19NO3S. The molecule has 0 N–H and O–H groups in total. The topological polar surface area (TPSA) is 50.5 Å². The van der Waals surface area contributed by atoms with Crippen LogP contribution in [0.4, 0.5) is 0 Å². The van der Waals surface area contributed by atoms with Crippen LogP contribution in [0, 0.1) is 0 Å². The summed E-state index contributed by atoms with van der Waals surface area (Å²) in [7, 11) is -1.99. The second-order valence-electron chi connectivity index (χ2n) is 5.64. The lowest BCUT2D eigenvalue weighted by Crippen LogP contribution is -2.27. The quantitative estimate of drug-likeness (QED) is 0.690. The second-order valence-corrected chi connectivity index (χ2v) is 7.52. The van der Waals surface area contributed by atoms with E-state index < -0.39 is 16.1 Å². The number of nitrogens with zero attached hydrogens (tertiary/aromatic N) is 1. The lowest BCUT2D eigenvalue weighted by molar-refractivity contribution is 0.352. The molecule has 124 valence electrons. The molecule has 0 spiro atoms. The lowest BCUT2D eigenvalue weighted by Gasteiger charge is -2.20. The van der Waals surface area contributed by atoms with E-state index >= 15 is 0 Å². The minimum absolute atomic E-state index is 0.400. The summed E-state index contributed by atoms with van der Waals surface area (Å²) >= 11 is 0. The Balaban J connectivity index is 1.83. The maximum Gasteiger partial charge on any atom is 0.236 e. The van der Waals surface area contributed by atoms with E-state index in [0.717, 1.165) is 16.5 Å². The van der Waals surface area contributed by atoms with Crippen molar-refractivity contribution in [1.82, 2.24) is 4.31 Å². The maximum atomic E-state index is 12.5. The molecule has 2 aromatic carbocycles. The summed E-state index contributed by atoms with van der Waals surface area (Å²) in [6.45, 7) is 1.81. The van der Waals surface area contributed by atoms with Crippen LogP contribution in [0.3, 0.4) is 0 Å². The molecule has 3 aromatic rings. The van der Waals surface area contributed by atoms with E-state index in [4.69, 9.17) is 4.42 Å². The number of rotatable bonds is 5. The van der Waals surface area contributed by atoms with Crippen LogP contribution in [-0.4, -0.2) is 19.8 Å². The molecule has 24 heavy (non-hydrogen) atoms. The van der Waals surface area contributed by atoms with Gasteiger partial charge in [-0.2, -0.15) is 4.31 Å². The third-order valence-electron chi connectivity index (χ3n) is 4.04. The van der Waals surface area contributed by atoms with Gasteiger partial charge >= 0.3 is 0 Å². The first-order valence-corrected chi connectivity index (χ1v) is 9.17. The molecular weight excluding hydrogens is 322 g/mol. The summed E-state index contributed by atoms with van der Waals surface area (Å²) in [5.74, 6) is 0.621. The molecule has 0 fully saturated rings. The fourth-order valence-electron chi connectivity index (χ4n) is 2.43. The van der Waals surface area contributed by atoms with Gasteiger partial charge in [0, 0.05) is 17.8 Å². The van der Waals surface area contributed by atoms with Crippen molar-refractivity contribution in [2.24, 2.45) is 0 Å². The maximum absolute atomic E-state index is 12.5. The van der Waals surface area contributed by atoms with E-state index in [2.05, 4.69) is 0 Å². The van der Waals surface area contributed by atoms with Crippen molar-refractivity contribution in [3.05, 3.63) is 77.4 Å². The average Bonchev–Trinajstić information content (AvgIpc) is 3.04. The largest absolute Gasteiger partial charge is 0.459 e. The van der Waals surface area contributed by atoms with Crippen LogP contribution in [0.1, 0.15) is 24.3 Å². The average molecular weight is 341 g/mol. The van der Waals surface area contributed by atoms with Crippen molar-refractivity contribution in [3.63, 3.8) is 0 Å². The third-order valence-corrected chi connectivity index (χ3v) is 5.63. The van der Waals surface area contributed by atoms with Crippen LogP contribution < -0.4 is 0 Å². The number of fused-ring (bicyclic) bond motifs is 1. The Bertz CT molecular complexity index is 925. The van der Waals surface area contributed by atoms with Gasteiger partial charge in [-0.15, -0.1) is 0 Å². The van der Waals surface area contributed by atoms with Crippen LogP contribution in [0.25, 0.3) is 17.0 Å². The molecule has 3 rings (SSSR count). The SMILES string of the molecule is CC(c1cc2ccccc2o1)N(C)S(=O)(=O)/C=C/c1ccccc1. The zero-order valence-electron chi connectivity index (χ0n) is 13.6. The molecule has 4 nitrogen and oxygen atoms in total. The first kappa shape index (κ1) is 16.5. The third kappa shape index (κ3) is 3.42. The molecule has 0 amide bonds. The normalized spacial score (nSPS) is 13.8. The summed E-state index contributed by atoms with van der Waals surface area (Å²) in [5.41, 5.74) is 1.59. The van der Waals surface area contributed by atoms with Gasteiger partial charge in [0.25, 0.3) is 0 Å². The predicted molar refractivity (Wildman–Crippen MR) is 96.8 cm³/mol. The smallest absolute Gasteiger partial charge is 0.236 e. The molecule has 0 saturated carbocycles. The zero-order valence-corrected chi connectivity index (χ0v) is 14.4. The van der Waals surface area contributed by atoms with E-state index in [0.29, 0.717) is 5.76 Å². The molecule has 5 heteroatoms. The number of hydrogen-bond donors (Lipinski definition) is 0. The number of hydrogen-bond acceptors (Lipinski definition) is 3. The Morgan fingerprint density at radius 1 is 1.04 bits per heavy atom. The first-order chi connectivity index (χ1) is 11.5. The number of para-hydroxylation sites is 1. The molecule has 0 radical (unpaired) electrons. The summed E-state index contributed by atoms with van der Waals surface area (Å²) in [6, 6.07) is 18.5. The fourth-order valence-corrected chi connectivity index (χ4v) is 3.50. The van der Waals surface area contributed by atoms with Gasteiger partial charge in [0.2, 0.25) is 10.0 Å². The van der Waals surface area contributed by atoms with Crippen LogP contribution in [-0.2, 0) is 10.0 Å². The first-order valence-electron chi connectivity index (χ1n) is 7.67. The Hall–Kier alpha value is -2.37. The second kappa shape index (κ2) is 6.63. The lowest BCUT2D eigenvalue weighted by atomic mass is 10.2. The highest BCUT2D eigenvalue weighted by molar-refractivity contribution is 7.92. The minimum atomic E-state index is -3.55. The molecule has 0 aliphatic carbocycles. The van der Waals surface area contributed by atoms with Crippen LogP contribution in [0.2, 0.25) is 0 Å². The number of sulfonamides is 1. The molecule has 1 unspecified atom stereocenters. The highest BCUT2D eigenvalue weighted by Crippen LogP contribution is 2.28. The molecule has 0 aliphatic rings. The van der Waals surface area contributed by atoms with Gasteiger partial charge in [0.1, 0.15) is 11.3 Å². The van der Waals surface area contributed by atoms with E-state index in [1.54, 1.807) is 13.1 Å². The Morgan fingerprint density at radius 2 is 1.71 bits per heavy atom. The van der Waals surface area contributed by atoms with Gasteiger partial charge in [0.05, 0.1) is 6.04 Å². The molecule has 1 heterocycles. The highest BCUT2D eigenvalue weighted by Gasteiger charge is 2.24. The minimum Gasteiger partial charge on any atom is -0.459 e. The van der Waals surface area contributed by atoms with Gasteiger partial charge in [-0.1, -0.05) is 48.5 Å². The van der Waals surface area contributed by atoms with Crippen molar-refractivity contribution in [1.29, 1.82) is 0 Å². The Kier molecular flexibility index (Phi) is 4.55. The molecule has 0 saturated heterocycles. The van der Waals surface area contributed by atoms with Gasteiger partial charge in [-0.3, -0.25) is 0 Å². The van der Waals surface area contributed by atoms with E-state index in [1.165, 1.54) is 9.71 Å². The fraction of sp³-hybridized carbons (Fsp3) is 0.158. The van der Waals surface area contributed by atoms with Crippen LogP contribution >= 0.6 is 0 Å². The van der Waals surface area contributed by atoms with Gasteiger partial charge in [0.15, 0.2) is 0 Å². The van der Waals surface area contributed by atoms with Gasteiger partial charge in [-0.25, -0.2) is 8.42 Å². The van der Waals surface area contributed by atoms with Gasteiger partial charge < -0.3 is 4.42 Å². The Morgan fingerprint density at radius 3 is 2.42 bits per heavy atom. The number of furan rings is 1. The van der Waals surface area contributed by atoms with Crippen LogP contribution in [0.5, 0.6) is 0 Å². The van der Waals surface area contributed by atoms with Gasteiger partial charge in [-0.05, 0) is 30.7 Å². The molecule has 1 aromatic heterocycles. The van der Waals surface area contributed by atoms with Crippen molar-refractivity contribution in [3.8, 4) is 0 Å². The van der Waals surface area contributed by atoms with Crippen molar-refractivity contribution < 1.29 is 12.8 Å². The predicted octanol–water partition coefficient (Wildman–Crippen LogP) is 4.43. The van der Waals surface area contributed by atoms with Crippen LogP contribution in [0.15, 0.2) is 70.5 Å². The molecule has 0 bridgehead atoms. The molecule has 0 aliphatic heterocycles. The summed E-state index contributed by atoms with van der Waals surface area (Å²) in [6.07, 6.45) is 1.59. The van der Waals surface area contributed by atoms with Crippen molar-refractivity contribution in [2.75, 3.05) is 7.05 Å². The van der Waals surface area contributed by atoms with E-state index in [1.807, 2.05) is 67.6 Å². The van der Waals surface area contributed by atoms with E-state index in [9.17, 15) is 8.42 Å². The number of benzene rings is 2. The highest BCUT2D eigenvalue weighted by atomic mass is 32.2. The summed E-state index contributed by atoms with van der Waals surface area (Å²) < 4.78 is 32.2. The Labute approximate surface area is 142 Å². The zero-order chi connectivity index (χ0) is 17.2.